The minimum atomic E-state index is -0.254. The van der Waals surface area contributed by atoms with E-state index in [1.54, 1.807) is 23.1 Å². The van der Waals surface area contributed by atoms with Gasteiger partial charge in [0.15, 0.2) is 0 Å². The van der Waals surface area contributed by atoms with Crippen LogP contribution in [0.1, 0.15) is 23.3 Å². The molecule has 0 spiro atoms. The van der Waals surface area contributed by atoms with Crippen molar-refractivity contribution < 1.29 is 9.59 Å². The van der Waals surface area contributed by atoms with Gasteiger partial charge in [0.2, 0.25) is 5.91 Å². The number of fused-ring (bicyclic) bond motifs is 1. The van der Waals surface area contributed by atoms with Crippen LogP contribution in [0.2, 0.25) is 0 Å². The molecule has 1 fully saturated rings. The second-order valence-electron chi connectivity index (χ2n) is 6.04. The van der Waals surface area contributed by atoms with Crippen molar-refractivity contribution in [2.45, 2.75) is 12.8 Å². The van der Waals surface area contributed by atoms with Gasteiger partial charge in [-0.2, -0.15) is 0 Å². The molecule has 1 aliphatic heterocycles. The highest BCUT2D eigenvalue weighted by molar-refractivity contribution is 6.04. The molecule has 0 radical (unpaired) electrons. The lowest BCUT2D eigenvalue weighted by Crippen LogP contribution is -2.23. The second-order valence-corrected chi connectivity index (χ2v) is 6.04. The zero-order valence-corrected chi connectivity index (χ0v) is 13.6. The van der Waals surface area contributed by atoms with E-state index in [0.29, 0.717) is 17.8 Å². The summed E-state index contributed by atoms with van der Waals surface area (Å²) in [5, 5.41) is 3.85. The first-order valence-corrected chi connectivity index (χ1v) is 8.28. The zero-order valence-electron chi connectivity index (χ0n) is 13.6. The van der Waals surface area contributed by atoms with E-state index in [-0.39, 0.29) is 11.8 Å². The van der Waals surface area contributed by atoms with Crippen LogP contribution < -0.4 is 10.2 Å². The Morgan fingerprint density at radius 1 is 1.00 bits per heavy atom. The minimum absolute atomic E-state index is 0.150. The van der Waals surface area contributed by atoms with Crippen molar-refractivity contribution in [2.75, 3.05) is 16.8 Å². The van der Waals surface area contributed by atoms with Crippen LogP contribution in [0, 0.1) is 0 Å². The van der Waals surface area contributed by atoms with Crippen LogP contribution in [0.15, 0.2) is 60.7 Å². The van der Waals surface area contributed by atoms with Crippen LogP contribution in [-0.4, -0.2) is 23.3 Å². The van der Waals surface area contributed by atoms with E-state index in [2.05, 4.69) is 10.3 Å². The highest BCUT2D eigenvalue weighted by atomic mass is 16.2. The summed E-state index contributed by atoms with van der Waals surface area (Å²) in [6, 6.07) is 18.6. The van der Waals surface area contributed by atoms with E-state index >= 15 is 0 Å². The summed E-state index contributed by atoms with van der Waals surface area (Å²) in [5.74, 6) is -0.104. The molecule has 25 heavy (non-hydrogen) atoms. The number of amides is 2. The molecule has 2 aromatic carbocycles. The molecule has 0 unspecified atom stereocenters. The molecule has 1 N–H and O–H groups in total. The summed E-state index contributed by atoms with van der Waals surface area (Å²) in [7, 11) is 0. The third kappa shape index (κ3) is 3.08. The molecule has 1 aliphatic rings. The quantitative estimate of drug-likeness (QED) is 0.797. The molecule has 0 bridgehead atoms. The SMILES string of the molecule is O=C(Nc1ccc(N2CCCC2=O)cc1)c1ccc2ccccc2n1. The van der Waals surface area contributed by atoms with E-state index in [1.165, 1.54) is 0 Å². The van der Waals surface area contributed by atoms with Gasteiger partial charge < -0.3 is 10.2 Å². The summed E-state index contributed by atoms with van der Waals surface area (Å²) in [5.41, 5.74) is 2.70. The number of hydrogen-bond acceptors (Lipinski definition) is 3. The van der Waals surface area contributed by atoms with Gasteiger partial charge in [0.05, 0.1) is 5.52 Å². The monoisotopic (exact) mass is 331 g/mol. The van der Waals surface area contributed by atoms with Crippen molar-refractivity contribution in [1.29, 1.82) is 0 Å². The Kier molecular flexibility index (Phi) is 3.90. The Morgan fingerprint density at radius 2 is 1.80 bits per heavy atom. The van der Waals surface area contributed by atoms with Crippen LogP contribution in [0.25, 0.3) is 10.9 Å². The Morgan fingerprint density at radius 3 is 2.56 bits per heavy atom. The smallest absolute Gasteiger partial charge is 0.274 e. The third-order valence-corrected chi connectivity index (χ3v) is 4.34. The number of nitrogens with one attached hydrogen (secondary N) is 1. The van der Waals surface area contributed by atoms with Crippen molar-refractivity contribution in [1.82, 2.24) is 4.98 Å². The fourth-order valence-electron chi connectivity index (χ4n) is 3.03. The summed E-state index contributed by atoms with van der Waals surface area (Å²) in [6.45, 7) is 0.756. The Hall–Kier alpha value is -3.21. The maximum atomic E-state index is 12.4. The highest BCUT2D eigenvalue weighted by Gasteiger charge is 2.21. The van der Waals surface area contributed by atoms with Gasteiger partial charge in [-0.15, -0.1) is 0 Å². The van der Waals surface area contributed by atoms with Crippen molar-refractivity contribution in [3.63, 3.8) is 0 Å². The molecule has 4 rings (SSSR count). The third-order valence-electron chi connectivity index (χ3n) is 4.34. The van der Waals surface area contributed by atoms with Gasteiger partial charge in [-0.3, -0.25) is 9.59 Å². The zero-order chi connectivity index (χ0) is 17.2. The maximum Gasteiger partial charge on any atom is 0.274 e. The summed E-state index contributed by atoms with van der Waals surface area (Å²) < 4.78 is 0. The second kappa shape index (κ2) is 6.36. The number of para-hydroxylation sites is 1. The van der Waals surface area contributed by atoms with Gasteiger partial charge in [-0.05, 0) is 42.8 Å². The number of carbonyl (C=O) groups excluding carboxylic acids is 2. The molecule has 0 aliphatic carbocycles. The fraction of sp³-hybridized carbons (Fsp3) is 0.150. The van der Waals surface area contributed by atoms with Crippen molar-refractivity contribution in [3.05, 3.63) is 66.4 Å². The van der Waals surface area contributed by atoms with Crippen LogP contribution in [0.4, 0.5) is 11.4 Å². The number of aromatic nitrogens is 1. The van der Waals surface area contributed by atoms with Gasteiger partial charge in [0.25, 0.3) is 5.91 Å². The van der Waals surface area contributed by atoms with E-state index in [1.807, 2.05) is 42.5 Å². The lowest BCUT2D eigenvalue weighted by Gasteiger charge is -2.16. The standard InChI is InChI=1S/C20H17N3O2/c24-19-6-3-13-23(19)16-10-8-15(9-11-16)21-20(25)18-12-7-14-4-1-2-5-17(14)22-18/h1-2,4-5,7-12H,3,6,13H2,(H,21,25). The van der Waals surface area contributed by atoms with Gasteiger partial charge in [0.1, 0.15) is 5.69 Å². The molecule has 2 heterocycles. The number of hydrogen-bond donors (Lipinski definition) is 1. The molecule has 1 saturated heterocycles. The molecule has 3 aromatic rings. The van der Waals surface area contributed by atoms with Gasteiger partial charge in [-0.1, -0.05) is 24.3 Å². The van der Waals surface area contributed by atoms with Crippen LogP contribution in [0.3, 0.4) is 0 Å². The number of nitrogens with zero attached hydrogens (tertiary/aromatic N) is 2. The average molecular weight is 331 g/mol. The molecule has 2 amide bonds. The Labute approximate surface area is 145 Å². The average Bonchev–Trinajstić information content (AvgIpc) is 3.08. The molecule has 1 aromatic heterocycles. The first-order valence-electron chi connectivity index (χ1n) is 8.28. The van der Waals surface area contributed by atoms with Gasteiger partial charge in [-0.25, -0.2) is 4.98 Å². The fourth-order valence-corrected chi connectivity index (χ4v) is 3.03. The molecule has 0 atom stereocenters. The van der Waals surface area contributed by atoms with E-state index in [9.17, 15) is 9.59 Å². The van der Waals surface area contributed by atoms with Crippen LogP contribution in [-0.2, 0) is 4.79 Å². The number of pyridine rings is 1. The number of benzene rings is 2. The summed E-state index contributed by atoms with van der Waals surface area (Å²) >= 11 is 0. The Balaban J connectivity index is 1.50. The van der Waals surface area contributed by atoms with Crippen molar-refractivity contribution >= 4 is 34.1 Å². The minimum Gasteiger partial charge on any atom is -0.321 e. The van der Waals surface area contributed by atoms with Gasteiger partial charge in [0, 0.05) is 29.7 Å². The summed E-state index contributed by atoms with van der Waals surface area (Å²) in [4.78, 5) is 30.4. The van der Waals surface area contributed by atoms with Crippen LogP contribution in [0.5, 0.6) is 0 Å². The molecule has 5 heteroatoms. The van der Waals surface area contributed by atoms with Gasteiger partial charge >= 0.3 is 0 Å². The first kappa shape index (κ1) is 15.3. The lowest BCUT2D eigenvalue weighted by molar-refractivity contribution is -0.117. The number of rotatable bonds is 3. The largest absolute Gasteiger partial charge is 0.321 e. The topological polar surface area (TPSA) is 62.3 Å². The first-order chi connectivity index (χ1) is 12.2. The van der Waals surface area contributed by atoms with Crippen molar-refractivity contribution in [3.8, 4) is 0 Å². The van der Waals surface area contributed by atoms with E-state index in [0.717, 1.165) is 29.6 Å². The maximum absolute atomic E-state index is 12.4. The molecule has 0 saturated carbocycles. The summed E-state index contributed by atoms with van der Waals surface area (Å²) in [6.07, 6.45) is 1.50. The predicted molar refractivity (Wildman–Crippen MR) is 97.7 cm³/mol. The molecule has 124 valence electrons. The predicted octanol–water partition coefficient (Wildman–Crippen LogP) is 3.61. The number of anilines is 2. The van der Waals surface area contributed by atoms with E-state index < -0.39 is 0 Å². The van der Waals surface area contributed by atoms with E-state index in [4.69, 9.17) is 0 Å². The van der Waals surface area contributed by atoms with Crippen molar-refractivity contribution in [2.24, 2.45) is 0 Å². The molecular weight excluding hydrogens is 314 g/mol. The highest BCUT2D eigenvalue weighted by Crippen LogP contribution is 2.23. The lowest BCUT2D eigenvalue weighted by atomic mass is 10.2. The number of carbonyl (C=O) groups is 2. The molecular formula is C20H17N3O2. The molecule has 5 nitrogen and oxygen atoms in total. The normalized spacial score (nSPS) is 14.1. The Bertz CT molecular complexity index is 951. The van der Waals surface area contributed by atoms with Crippen LogP contribution >= 0.6 is 0 Å².